The summed E-state index contributed by atoms with van der Waals surface area (Å²) in [4.78, 5) is 14.1. The summed E-state index contributed by atoms with van der Waals surface area (Å²) < 4.78 is 17.0. The summed E-state index contributed by atoms with van der Waals surface area (Å²) in [5.41, 5.74) is 2.61. The predicted octanol–water partition coefficient (Wildman–Crippen LogP) is 5.47. The van der Waals surface area contributed by atoms with E-state index >= 15 is 0 Å². The quantitative estimate of drug-likeness (QED) is 0.437. The molecule has 0 amide bonds. The van der Waals surface area contributed by atoms with Gasteiger partial charge in [0.25, 0.3) is 0 Å². The number of nitrogens with zero attached hydrogens (tertiary/aromatic N) is 2. The number of piperidine rings is 1. The number of hydrogen-bond acceptors (Lipinski definition) is 6. The van der Waals surface area contributed by atoms with Crippen LogP contribution in [0.2, 0.25) is 0 Å². The van der Waals surface area contributed by atoms with E-state index < -0.39 is 0 Å². The van der Waals surface area contributed by atoms with Crippen LogP contribution in [0.15, 0.2) is 47.0 Å². The van der Waals surface area contributed by atoms with Gasteiger partial charge >= 0.3 is 0 Å². The van der Waals surface area contributed by atoms with E-state index in [-0.39, 0.29) is 11.3 Å². The normalized spacial score (nSPS) is 15.8. The number of para-hydroxylation sites is 1. The number of carbonyl (C=O) groups is 1. The molecule has 2 heterocycles. The molecule has 6 heteroatoms. The molecule has 0 bridgehead atoms. The molecule has 0 atom stereocenters. The molecule has 170 valence electrons. The first kappa shape index (κ1) is 22.3. The van der Waals surface area contributed by atoms with Crippen molar-refractivity contribution in [2.45, 2.75) is 51.5 Å². The van der Waals surface area contributed by atoms with Gasteiger partial charge in [0.15, 0.2) is 22.9 Å². The van der Waals surface area contributed by atoms with Crippen molar-refractivity contribution in [2.24, 2.45) is 0 Å². The standard InChI is InChI=1S/C26H32N2O4/c1-18(29)20-9-10-23(24(17-20)30-4)31-16-13-26(2,3)28-14-11-19(12-15-28)25-21-7-5-6-8-22(21)32-27-25/h5-10,17,19H,11-16H2,1-4H3. The van der Waals surface area contributed by atoms with Gasteiger partial charge in [-0.2, -0.15) is 0 Å². The Morgan fingerprint density at radius 3 is 2.62 bits per heavy atom. The maximum Gasteiger partial charge on any atom is 0.167 e. The third-order valence-corrected chi connectivity index (χ3v) is 6.68. The van der Waals surface area contributed by atoms with E-state index in [4.69, 9.17) is 14.0 Å². The Hall–Kier alpha value is -2.86. The van der Waals surface area contributed by atoms with E-state index in [1.807, 2.05) is 24.3 Å². The van der Waals surface area contributed by atoms with E-state index in [1.54, 1.807) is 26.2 Å². The summed E-state index contributed by atoms with van der Waals surface area (Å²) in [6.45, 7) is 8.73. The molecule has 0 radical (unpaired) electrons. The second kappa shape index (κ2) is 9.33. The number of hydrogen-bond donors (Lipinski definition) is 0. The number of ketones is 1. The lowest BCUT2D eigenvalue weighted by atomic mass is 9.88. The smallest absolute Gasteiger partial charge is 0.167 e. The molecule has 4 rings (SSSR count). The SMILES string of the molecule is COc1cc(C(C)=O)ccc1OCCC(C)(C)N1CCC(c2noc3ccccc23)CC1. The molecule has 32 heavy (non-hydrogen) atoms. The molecule has 3 aromatic rings. The molecule has 2 aromatic carbocycles. The van der Waals surface area contributed by atoms with Crippen LogP contribution in [-0.2, 0) is 0 Å². The van der Waals surface area contributed by atoms with E-state index in [1.165, 1.54) is 0 Å². The van der Waals surface area contributed by atoms with Gasteiger partial charge in [0, 0.05) is 22.4 Å². The molecule has 0 saturated carbocycles. The first-order chi connectivity index (χ1) is 15.4. The van der Waals surface area contributed by atoms with E-state index in [9.17, 15) is 4.79 Å². The van der Waals surface area contributed by atoms with Crippen LogP contribution in [-0.4, -0.2) is 48.2 Å². The van der Waals surface area contributed by atoms with Gasteiger partial charge in [0.2, 0.25) is 0 Å². The van der Waals surface area contributed by atoms with Crippen LogP contribution >= 0.6 is 0 Å². The summed E-state index contributed by atoms with van der Waals surface area (Å²) in [5.74, 6) is 1.71. The molecule has 1 aliphatic heterocycles. The number of benzene rings is 2. The highest BCUT2D eigenvalue weighted by atomic mass is 16.5. The van der Waals surface area contributed by atoms with Crippen LogP contribution in [0.1, 0.15) is 62.0 Å². The molecule has 6 nitrogen and oxygen atoms in total. The molecular formula is C26H32N2O4. The highest BCUT2D eigenvalue weighted by Gasteiger charge is 2.32. The van der Waals surface area contributed by atoms with Gasteiger partial charge in [-0.1, -0.05) is 17.3 Å². The summed E-state index contributed by atoms with van der Waals surface area (Å²) in [6, 6.07) is 13.4. The second-order valence-electron chi connectivity index (χ2n) is 9.16. The van der Waals surface area contributed by atoms with Crippen LogP contribution < -0.4 is 9.47 Å². The number of fused-ring (bicyclic) bond motifs is 1. The summed E-state index contributed by atoms with van der Waals surface area (Å²) in [7, 11) is 1.60. The van der Waals surface area contributed by atoms with Gasteiger partial charge in [0.1, 0.15) is 0 Å². The molecular weight excluding hydrogens is 404 g/mol. The Labute approximate surface area is 189 Å². The fraction of sp³-hybridized carbons (Fsp3) is 0.462. The largest absolute Gasteiger partial charge is 0.493 e. The molecule has 1 aliphatic rings. The molecule has 0 N–H and O–H groups in total. The van der Waals surface area contributed by atoms with Gasteiger partial charge < -0.3 is 14.0 Å². The molecule has 0 spiro atoms. The highest BCUT2D eigenvalue weighted by molar-refractivity contribution is 5.94. The molecule has 0 aliphatic carbocycles. The Morgan fingerprint density at radius 2 is 1.91 bits per heavy atom. The maximum atomic E-state index is 11.6. The fourth-order valence-corrected chi connectivity index (χ4v) is 4.53. The Bertz CT molecular complexity index is 1080. The van der Waals surface area contributed by atoms with Gasteiger partial charge in [0.05, 0.1) is 19.4 Å². The minimum Gasteiger partial charge on any atom is -0.493 e. The first-order valence-corrected chi connectivity index (χ1v) is 11.3. The molecule has 1 aromatic heterocycles. The molecule has 1 saturated heterocycles. The van der Waals surface area contributed by atoms with Crippen molar-refractivity contribution in [3.63, 3.8) is 0 Å². The maximum absolute atomic E-state index is 11.6. The number of rotatable bonds is 8. The second-order valence-corrected chi connectivity index (χ2v) is 9.16. The van der Waals surface area contributed by atoms with Gasteiger partial charge in [-0.25, -0.2) is 0 Å². The van der Waals surface area contributed by atoms with Crippen molar-refractivity contribution in [3.8, 4) is 11.5 Å². The van der Waals surface area contributed by atoms with Crippen LogP contribution in [0.4, 0.5) is 0 Å². The minimum absolute atomic E-state index is 0.0120. The summed E-state index contributed by atoms with van der Waals surface area (Å²) >= 11 is 0. The number of methoxy groups -OCH3 is 1. The van der Waals surface area contributed by atoms with Crippen LogP contribution in [0.3, 0.4) is 0 Å². The highest BCUT2D eigenvalue weighted by Crippen LogP contribution is 2.35. The van der Waals surface area contributed by atoms with Gasteiger partial charge in [-0.3, -0.25) is 9.69 Å². The monoisotopic (exact) mass is 436 g/mol. The van der Waals surface area contributed by atoms with Crippen molar-refractivity contribution in [1.29, 1.82) is 0 Å². The van der Waals surface area contributed by atoms with Gasteiger partial charge in [-0.15, -0.1) is 0 Å². The lowest BCUT2D eigenvalue weighted by molar-refractivity contribution is 0.0673. The Kier molecular flexibility index (Phi) is 6.51. The minimum atomic E-state index is 0.0120. The number of carbonyl (C=O) groups excluding carboxylic acids is 1. The third-order valence-electron chi connectivity index (χ3n) is 6.68. The number of likely N-dealkylation sites (tertiary alicyclic amines) is 1. The van der Waals surface area contributed by atoms with E-state index in [2.05, 4.69) is 30.0 Å². The predicted molar refractivity (Wildman–Crippen MR) is 125 cm³/mol. The summed E-state index contributed by atoms with van der Waals surface area (Å²) in [6.07, 6.45) is 3.03. The average molecular weight is 437 g/mol. The van der Waals surface area contributed by atoms with Crippen LogP contribution in [0.25, 0.3) is 11.0 Å². The third kappa shape index (κ3) is 4.65. The van der Waals surface area contributed by atoms with Crippen molar-refractivity contribution >= 4 is 16.8 Å². The van der Waals surface area contributed by atoms with Crippen molar-refractivity contribution in [3.05, 3.63) is 53.7 Å². The Balaban J connectivity index is 1.32. The van der Waals surface area contributed by atoms with Crippen molar-refractivity contribution in [2.75, 3.05) is 26.8 Å². The zero-order chi connectivity index (χ0) is 22.7. The number of Topliss-reactive ketones (excluding diaryl/α,β-unsaturated/α-hetero) is 1. The number of aromatic nitrogens is 1. The van der Waals surface area contributed by atoms with Crippen molar-refractivity contribution < 1.29 is 18.8 Å². The topological polar surface area (TPSA) is 64.8 Å². The summed E-state index contributed by atoms with van der Waals surface area (Å²) in [5, 5.41) is 5.52. The zero-order valence-corrected chi connectivity index (χ0v) is 19.4. The lowest BCUT2D eigenvalue weighted by Gasteiger charge is -2.42. The molecule has 1 fully saturated rings. The van der Waals surface area contributed by atoms with Crippen LogP contribution in [0, 0.1) is 0 Å². The van der Waals surface area contributed by atoms with Crippen LogP contribution in [0.5, 0.6) is 11.5 Å². The van der Waals surface area contributed by atoms with Gasteiger partial charge in [-0.05, 0) is 83.5 Å². The number of ether oxygens (including phenoxy) is 2. The molecule has 0 unspecified atom stereocenters. The Morgan fingerprint density at radius 1 is 1.16 bits per heavy atom. The average Bonchev–Trinajstić information content (AvgIpc) is 3.23. The zero-order valence-electron chi connectivity index (χ0n) is 19.4. The van der Waals surface area contributed by atoms with E-state index in [0.29, 0.717) is 29.6 Å². The van der Waals surface area contributed by atoms with Crippen molar-refractivity contribution in [1.82, 2.24) is 10.1 Å². The fourth-order valence-electron chi connectivity index (χ4n) is 4.53. The first-order valence-electron chi connectivity index (χ1n) is 11.3. The van der Waals surface area contributed by atoms with E-state index in [0.717, 1.165) is 49.0 Å². The lowest BCUT2D eigenvalue weighted by Crippen LogP contribution is -2.48.